The van der Waals surface area contributed by atoms with E-state index < -0.39 is 0 Å². The molecule has 0 unspecified atom stereocenters. The molecule has 1 saturated heterocycles. The number of rotatable bonds is 8. The Bertz CT molecular complexity index is 1330. The van der Waals surface area contributed by atoms with Gasteiger partial charge in [-0.15, -0.1) is 0 Å². The number of benzene rings is 3. The summed E-state index contributed by atoms with van der Waals surface area (Å²) in [6.07, 6.45) is 0. The zero-order chi connectivity index (χ0) is 25.8. The predicted octanol–water partition coefficient (Wildman–Crippen LogP) is 5.95. The van der Waals surface area contributed by atoms with E-state index in [9.17, 15) is 0 Å². The van der Waals surface area contributed by atoms with Crippen LogP contribution >= 0.6 is 0 Å². The van der Waals surface area contributed by atoms with Crippen LogP contribution in [0.15, 0.2) is 66.7 Å². The molecule has 194 valence electrons. The maximum atomic E-state index is 6.25. The summed E-state index contributed by atoms with van der Waals surface area (Å²) in [6.45, 7) is 14.6. The van der Waals surface area contributed by atoms with Crippen molar-refractivity contribution in [3.8, 4) is 11.4 Å². The zero-order valence-corrected chi connectivity index (χ0v) is 22.5. The van der Waals surface area contributed by atoms with Crippen molar-refractivity contribution < 1.29 is 9.47 Å². The number of nitrogens with one attached hydrogen (secondary N) is 1. The fourth-order valence-corrected chi connectivity index (χ4v) is 4.67. The number of aryl methyl sites for hydroxylation is 1. The molecule has 1 aliphatic heterocycles. The van der Waals surface area contributed by atoms with Gasteiger partial charge in [-0.05, 0) is 36.1 Å². The first kappa shape index (κ1) is 25.3. The van der Waals surface area contributed by atoms with Gasteiger partial charge < -0.3 is 14.8 Å². The molecule has 1 fully saturated rings. The minimum atomic E-state index is -0.0424. The first-order valence-corrected chi connectivity index (χ1v) is 13.2. The van der Waals surface area contributed by atoms with Crippen molar-refractivity contribution in [3.05, 3.63) is 83.6 Å². The Morgan fingerprint density at radius 1 is 0.946 bits per heavy atom. The van der Waals surface area contributed by atoms with E-state index >= 15 is 0 Å². The lowest BCUT2D eigenvalue weighted by Gasteiger charge is -2.26. The molecule has 5 rings (SSSR count). The van der Waals surface area contributed by atoms with Crippen molar-refractivity contribution >= 4 is 16.6 Å². The Morgan fingerprint density at radius 2 is 1.68 bits per heavy atom. The normalized spacial score (nSPS) is 14.7. The summed E-state index contributed by atoms with van der Waals surface area (Å²) >= 11 is 0. The molecule has 1 aliphatic rings. The highest BCUT2D eigenvalue weighted by Crippen LogP contribution is 2.31. The van der Waals surface area contributed by atoms with E-state index in [1.807, 2.05) is 4.68 Å². The summed E-state index contributed by atoms with van der Waals surface area (Å²) in [4.78, 5) is 2.40. The third kappa shape index (κ3) is 5.97. The van der Waals surface area contributed by atoms with Gasteiger partial charge >= 0.3 is 0 Å². The van der Waals surface area contributed by atoms with Crippen molar-refractivity contribution in [1.29, 1.82) is 0 Å². The average Bonchev–Trinajstić information content (AvgIpc) is 3.34. The number of fused-ring (bicyclic) bond motifs is 1. The second kappa shape index (κ2) is 11.0. The van der Waals surface area contributed by atoms with Crippen molar-refractivity contribution in [2.45, 2.75) is 39.7 Å². The number of aromatic nitrogens is 2. The van der Waals surface area contributed by atoms with Crippen molar-refractivity contribution in [2.24, 2.45) is 0 Å². The molecule has 0 aliphatic carbocycles. The lowest BCUT2D eigenvalue weighted by atomic mass is 9.92. The van der Waals surface area contributed by atoms with Gasteiger partial charge in [0.1, 0.15) is 18.2 Å². The number of ether oxygens (including phenoxy) is 2. The Labute approximate surface area is 220 Å². The summed E-state index contributed by atoms with van der Waals surface area (Å²) in [5.41, 5.74) is 4.53. The van der Waals surface area contributed by atoms with E-state index in [-0.39, 0.29) is 5.41 Å². The van der Waals surface area contributed by atoms with Crippen LogP contribution in [0.25, 0.3) is 16.5 Å². The molecule has 0 bridgehead atoms. The average molecular weight is 499 g/mol. The summed E-state index contributed by atoms with van der Waals surface area (Å²) in [7, 11) is 0. The SMILES string of the molecule is Cc1ccc(-n2nc(C(C)(C)C)cc2NCc2ccc(OCCN3CCOCC3)c3ccccc23)cc1. The van der Waals surface area contributed by atoms with Crippen LogP contribution < -0.4 is 10.1 Å². The van der Waals surface area contributed by atoms with Crippen LogP contribution in [0.4, 0.5) is 5.82 Å². The van der Waals surface area contributed by atoms with Gasteiger partial charge in [0.15, 0.2) is 0 Å². The lowest BCUT2D eigenvalue weighted by molar-refractivity contribution is 0.0323. The molecule has 3 aromatic carbocycles. The zero-order valence-electron chi connectivity index (χ0n) is 22.5. The molecule has 37 heavy (non-hydrogen) atoms. The minimum Gasteiger partial charge on any atom is -0.492 e. The van der Waals surface area contributed by atoms with Crippen molar-refractivity contribution in [1.82, 2.24) is 14.7 Å². The Balaban J connectivity index is 1.36. The number of hydrogen-bond acceptors (Lipinski definition) is 5. The van der Waals surface area contributed by atoms with Crippen molar-refractivity contribution in [2.75, 3.05) is 44.8 Å². The van der Waals surface area contributed by atoms with Gasteiger partial charge in [-0.1, -0.05) is 68.8 Å². The van der Waals surface area contributed by atoms with Crippen molar-refractivity contribution in [3.63, 3.8) is 0 Å². The van der Waals surface area contributed by atoms with E-state index in [1.165, 1.54) is 16.5 Å². The number of hydrogen-bond donors (Lipinski definition) is 1. The number of nitrogens with zero attached hydrogens (tertiary/aromatic N) is 3. The monoisotopic (exact) mass is 498 g/mol. The third-order valence-electron chi connectivity index (χ3n) is 6.96. The second-order valence-corrected chi connectivity index (χ2v) is 10.8. The fourth-order valence-electron chi connectivity index (χ4n) is 4.67. The van der Waals surface area contributed by atoms with Crippen LogP contribution in [0.3, 0.4) is 0 Å². The van der Waals surface area contributed by atoms with E-state index in [2.05, 4.69) is 105 Å². The molecule has 0 saturated carbocycles. The lowest BCUT2D eigenvalue weighted by Crippen LogP contribution is -2.38. The molecule has 0 spiro atoms. The van der Waals surface area contributed by atoms with Gasteiger partial charge in [-0.25, -0.2) is 4.68 Å². The summed E-state index contributed by atoms with van der Waals surface area (Å²) < 4.78 is 13.7. The Kier molecular flexibility index (Phi) is 7.49. The molecule has 0 amide bonds. The number of morpholine rings is 1. The van der Waals surface area contributed by atoms with Crippen LogP contribution in [0.2, 0.25) is 0 Å². The highest BCUT2D eigenvalue weighted by molar-refractivity contribution is 5.91. The highest BCUT2D eigenvalue weighted by Gasteiger charge is 2.21. The van der Waals surface area contributed by atoms with Crippen LogP contribution in [-0.4, -0.2) is 54.1 Å². The van der Waals surface area contributed by atoms with E-state index in [0.29, 0.717) is 13.2 Å². The maximum absolute atomic E-state index is 6.25. The molecule has 4 aromatic rings. The standard InChI is InChI=1S/C31H38N4O2/c1-23-9-12-25(13-10-23)35-30(21-29(33-35)31(2,3)4)32-22-24-11-14-28(27-8-6-5-7-26(24)27)37-20-17-34-15-18-36-19-16-34/h5-14,21,32H,15-20,22H2,1-4H3. The van der Waals surface area contributed by atoms with Gasteiger partial charge in [0.25, 0.3) is 0 Å². The second-order valence-electron chi connectivity index (χ2n) is 10.8. The number of anilines is 1. The minimum absolute atomic E-state index is 0.0424. The summed E-state index contributed by atoms with van der Waals surface area (Å²) in [5.74, 6) is 1.93. The molecule has 2 heterocycles. The molecule has 6 nitrogen and oxygen atoms in total. The van der Waals surface area contributed by atoms with Crippen LogP contribution in [0, 0.1) is 6.92 Å². The first-order valence-electron chi connectivity index (χ1n) is 13.2. The summed E-state index contributed by atoms with van der Waals surface area (Å²) in [6, 6.07) is 23.5. The van der Waals surface area contributed by atoms with Crippen LogP contribution in [0.5, 0.6) is 5.75 Å². The third-order valence-corrected chi connectivity index (χ3v) is 6.96. The molecule has 0 atom stereocenters. The molecule has 6 heteroatoms. The molecular weight excluding hydrogens is 460 g/mol. The Morgan fingerprint density at radius 3 is 2.41 bits per heavy atom. The molecule has 1 N–H and O–H groups in total. The van der Waals surface area contributed by atoms with Crippen LogP contribution in [-0.2, 0) is 16.7 Å². The summed E-state index contributed by atoms with van der Waals surface area (Å²) in [5, 5.41) is 11.0. The van der Waals surface area contributed by atoms with Gasteiger partial charge in [0.2, 0.25) is 0 Å². The van der Waals surface area contributed by atoms with E-state index in [4.69, 9.17) is 14.6 Å². The van der Waals surface area contributed by atoms with Gasteiger partial charge in [0, 0.05) is 43.0 Å². The van der Waals surface area contributed by atoms with Crippen LogP contribution in [0.1, 0.15) is 37.6 Å². The molecular formula is C31H38N4O2. The predicted molar refractivity (Wildman–Crippen MR) is 151 cm³/mol. The smallest absolute Gasteiger partial charge is 0.130 e. The van der Waals surface area contributed by atoms with E-state index in [0.717, 1.165) is 61.2 Å². The fraction of sp³-hybridized carbons (Fsp3) is 0.387. The topological polar surface area (TPSA) is 51.5 Å². The largest absolute Gasteiger partial charge is 0.492 e. The first-order chi connectivity index (χ1) is 17.9. The molecule has 1 aromatic heterocycles. The van der Waals surface area contributed by atoms with E-state index in [1.54, 1.807) is 0 Å². The van der Waals surface area contributed by atoms with Gasteiger partial charge in [-0.2, -0.15) is 5.10 Å². The molecule has 0 radical (unpaired) electrons. The van der Waals surface area contributed by atoms with Gasteiger partial charge in [-0.3, -0.25) is 4.90 Å². The quantitative estimate of drug-likeness (QED) is 0.325. The Hall–Kier alpha value is -3.35. The maximum Gasteiger partial charge on any atom is 0.130 e. The highest BCUT2D eigenvalue weighted by atomic mass is 16.5. The van der Waals surface area contributed by atoms with Gasteiger partial charge in [0.05, 0.1) is 24.6 Å².